The van der Waals surface area contributed by atoms with Gasteiger partial charge < -0.3 is 109 Å². The first-order valence-electron chi connectivity index (χ1n) is 35.1. The zero-order valence-corrected chi connectivity index (χ0v) is 61.6. The summed E-state index contributed by atoms with van der Waals surface area (Å²) in [6.45, 7) is 12.3. The predicted molar refractivity (Wildman–Crippen MR) is 389 cm³/mol. The number of terminal acetylenes is 6. The van der Waals surface area contributed by atoms with E-state index in [1.54, 1.807) is 0 Å². The average molecular weight is 1490 g/mol. The van der Waals surface area contributed by atoms with E-state index >= 15 is 0 Å². The van der Waals surface area contributed by atoms with Gasteiger partial charge in [-0.2, -0.15) is 0 Å². The maximum atomic E-state index is 13.2. The largest absolute Gasteiger partial charge is 0.469 e. The highest BCUT2D eigenvalue weighted by Crippen LogP contribution is 2.27. The summed E-state index contributed by atoms with van der Waals surface area (Å²) in [6.07, 6.45) is 34.9. The van der Waals surface area contributed by atoms with Crippen molar-refractivity contribution in [2.24, 2.45) is 5.73 Å². The monoisotopic (exact) mass is 1480 g/mol. The Morgan fingerprint density at radius 3 is 0.867 bits per heavy atom. The number of amides is 7. The van der Waals surface area contributed by atoms with E-state index in [4.69, 9.17) is 101 Å². The molecule has 0 aromatic rings. The Hall–Kier alpha value is -8.19. The second-order valence-corrected chi connectivity index (χ2v) is 22.8. The molecule has 1 heterocycles. The average Bonchev–Trinajstić information content (AvgIpc) is 0.851. The van der Waals surface area contributed by atoms with E-state index in [9.17, 15) is 43.2 Å². The van der Waals surface area contributed by atoms with Crippen LogP contribution in [-0.2, 0) is 109 Å². The summed E-state index contributed by atoms with van der Waals surface area (Å²) in [5.41, 5.74) is 4.62. The van der Waals surface area contributed by atoms with E-state index in [0.717, 1.165) is 12.8 Å². The minimum Gasteiger partial charge on any atom is -0.469 e. The van der Waals surface area contributed by atoms with Crippen LogP contribution in [0.5, 0.6) is 0 Å². The molecule has 7 amide bonds. The number of hydrogen-bond acceptors (Lipinski definition) is 24. The van der Waals surface area contributed by atoms with Gasteiger partial charge in [-0.05, 0) is 51.4 Å². The Labute approximate surface area is 621 Å². The van der Waals surface area contributed by atoms with Crippen molar-refractivity contribution >= 4 is 53.3 Å². The first-order valence-corrected chi connectivity index (χ1v) is 35.1. The molecule has 31 heteroatoms. The molecule has 105 heavy (non-hydrogen) atoms. The third kappa shape index (κ3) is 68.7. The van der Waals surface area contributed by atoms with Crippen molar-refractivity contribution in [1.82, 2.24) is 37.2 Å². The molecule has 0 atom stereocenters. The van der Waals surface area contributed by atoms with Gasteiger partial charge in [0.1, 0.15) is 45.4 Å². The van der Waals surface area contributed by atoms with Gasteiger partial charge in [0.05, 0.1) is 126 Å². The van der Waals surface area contributed by atoms with Gasteiger partial charge in [0.25, 0.3) is 0 Å². The first-order chi connectivity index (χ1) is 50.9. The van der Waals surface area contributed by atoms with E-state index in [2.05, 4.69) is 88.8 Å². The summed E-state index contributed by atoms with van der Waals surface area (Å²) in [7, 11) is 1.26. The zero-order valence-electron chi connectivity index (χ0n) is 61.6. The van der Waals surface area contributed by atoms with Crippen molar-refractivity contribution in [1.29, 1.82) is 0 Å². The van der Waals surface area contributed by atoms with Gasteiger partial charge in [-0.15, -0.1) is 38.5 Å². The molecule has 1 aliphatic heterocycles. The second-order valence-electron chi connectivity index (χ2n) is 22.8. The summed E-state index contributed by atoms with van der Waals surface area (Å²) in [4.78, 5) is 111. The number of ether oxygens (including phenoxy) is 14. The molecule has 9 N–H and O–H groups in total. The molecule has 0 aromatic carbocycles. The molecule has 0 unspecified atom stereocenters. The van der Waals surface area contributed by atoms with Gasteiger partial charge in [-0.3, -0.25) is 43.2 Å². The molecular formula is C74H116N8O23. The molecule has 1 fully saturated rings. The number of nitrogens with two attached hydrogens (primary N) is 1. The number of cyclic esters (lactones) is 1. The molecule has 0 radical (unpaired) electrons. The van der Waals surface area contributed by atoms with Crippen LogP contribution in [0, 0.1) is 74.1 Å². The van der Waals surface area contributed by atoms with Gasteiger partial charge in [-0.1, -0.05) is 42.1 Å². The van der Waals surface area contributed by atoms with Crippen LogP contribution in [0.4, 0.5) is 0 Å². The van der Waals surface area contributed by atoms with Crippen molar-refractivity contribution < 1.29 is 109 Å². The third-order valence-electron chi connectivity index (χ3n) is 14.3. The summed E-state index contributed by atoms with van der Waals surface area (Å²) in [5.74, 6) is 12.3. The van der Waals surface area contributed by atoms with Gasteiger partial charge >= 0.3 is 11.9 Å². The number of nitrogens with one attached hydrogen (secondary N) is 7. The summed E-state index contributed by atoms with van der Waals surface area (Å²) < 4.78 is 72.5. The number of carbonyl (C=O) groups is 9. The summed E-state index contributed by atoms with van der Waals surface area (Å²) in [5, 5.41) is 19.7. The Balaban J connectivity index is 0. The van der Waals surface area contributed by atoms with E-state index in [1.807, 2.05) is 0 Å². The number of carbonyl (C=O) groups excluding carboxylic acids is 9. The van der Waals surface area contributed by atoms with E-state index in [1.165, 1.54) is 7.11 Å². The first kappa shape index (κ1) is 98.9. The normalized spacial score (nSPS) is 11.5. The molecular weight excluding hydrogens is 1370 g/mol. The molecule has 1 saturated heterocycles. The van der Waals surface area contributed by atoms with E-state index in [-0.39, 0.29) is 198 Å². The second kappa shape index (κ2) is 72.7. The van der Waals surface area contributed by atoms with Gasteiger partial charge in [0.2, 0.25) is 41.4 Å². The molecule has 31 nitrogen and oxygen atoms in total. The minimum atomic E-state index is -1.12. The van der Waals surface area contributed by atoms with Crippen molar-refractivity contribution in [3.05, 3.63) is 12.3 Å². The molecule has 0 aromatic heterocycles. The van der Waals surface area contributed by atoms with Crippen LogP contribution in [0.2, 0.25) is 0 Å². The Kier molecular flexibility index (Phi) is 68.5. The molecule has 1 aliphatic rings. The highest BCUT2D eigenvalue weighted by molar-refractivity contribution is 5.81. The van der Waals surface area contributed by atoms with Gasteiger partial charge in [-0.25, -0.2) is 0 Å². The van der Waals surface area contributed by atoms with Crippen molar-refractivity contribution in [3.63, 3.8) is 0 Å². The lowest BCUT2D eigenvalue weighted by Crippen LogP contribution is -2.50. The highest BCUT2D eigenvalue weighted by Gasteiger charge is 2.34. The van der Waals surface area contributed by atoms with Crippen LogP contribution in [0.1, 0.15) is 116 Å². The van der Waals surface area contributed by atoms with Crippen LogP contribution in [-0.4, -0.2) is 269 Å². The molecule has 0 aliphatic carbocycles. The fourth-order valence-corrected chi connectivity index (χ4v) is 8.84. The van der Waals surface area contributed by atoms with E-state index in [0.29, 0.717) is 150 Å². The maximum absolute atomic E-state index is 13.2. The lowest BCUT2D eigenvalue weighted by molar-refractivity contribution is -0.142. The number of esters is 2. The van der Waals surface area contributed by atoms with Crippen LogP contribution in [0.25, 0.3) is 0 Å². The minimum absolute atomic E-state index is 0.00533. The van der Waals surface area contributed by atoms with E-state index < -0.39 is 23.0 Å². The van der Waals surface area contributed by atoms with Crippen LogP contribution < -0.4 is 43.0 Å². The fraction of sp³-hybridized carbons (Fsp3) is 0.689. The maximum Gasteiger partial charge on any atom is 0.310 e. The molecule has 0 saturated carbocycles. The third-order valence-corrected chi connectivity index (χ3v) is 14.3. The van der Waals surface area contributed by atoms with Crippen molar-refractivity contribution in [2.45, 2.75) is 127 Å². The Morgan fingerprint density at radius 1 is 0.381 bits per heavy atom. The highest BCUT2D eigenvalue weighted by atomic mass is 16.6. The SMILES string of the molecule is C#CCOCCOCCNC(=O)CCC(CCC(=O)NCCOCCOCC#C)(CCC(=O)NCCOCCOCC#C)NC(=O)CCCC(=O)OC.C#CCOCCOCCNC(=O)CCC(N)(CCC(=O)NCCOCCOCC#C)CCC(=O)NCCOCCOCC#C.C=C1CCCC(=O)O1. The lowest BCUT2D eigenvalue weighted by Gasteiger charge is -2.35. The molecule has 590 valence electrons. The number of rotatable bonds is 65. The topological polar surface area (TPSA) is 393 Å². The quantitative estimate of drug-likeness (QED) is 0.0233. The van der Waals surface area contributed by atoms with Crippen molar-refractivity contribution in [2.75, 3.05) is 205 Å². The predicted octanol–water partition coefficient (Wildman–Crippen LogP) is 0.473. The molecule has 0 bridgehead atoms. The van der Waals surface area contributed by atoms with Crippen molar-refractivity contribution in [3.8, 4) is 74.1 Å². The van der Waals surface area contributed by atoms with Gasteiger partial charge in [0.15, 0.2) is 0 Å². The number of allylic oxidation sites excluding steroid dienone is 1. The molecule has 1 rings (SSSR count). The Bertz CT molecular complexity index is 2420. The summed E-state index contributed by atoms with van der Waals surface area (Å²) >= 11 is 0. The number of hydrogen-bond donors (Lipinski definition) is 8. The van der Waals surface area contributed by atoms with Gasteiger partial charge in [0, 0.05) is 115 Å². The fourth-order valence-electron chi connectivity index (χ4n) is 8.84. The van der Waals surface area contributed by atoms with Crippen LogP contribution in [0.15, 0.2) is 12.3 Å². The number of methoxy groups -OCH3 is 1. The van der Waals surface area contributed by atoms with Crippen LogP contribution in [0.3, 0.4) is 0 Å². The van der Waals surface area contributed by atoms with Crippen LogP contribution >= 0.6 is 0 Å². The standard InChI is InChI=1S/C37H58N4O12.C31H50N4O9.C6H8O2/c1-5-20-48-26-29-51-23-17-38-32(42)11-14-37(41-35(45)9-8-10-36(46)47-4,15-12-33(43)39-18-24-52-30-27-49-21-6-2)16-13-34(44)40-19-25-53-31-28-50-22-7-3;1-4-16-39-22-25-42-19-13-33-28(36)7-10-31(32,11-8-29(37)34-14-20-43-26-23-40-17-5-2)12-9-30(38)35-15-21-44-27-24-41-18-6-3;1-5-3-2-4-6(7)8-5/h1-3H,8-31H2,4H3,(H,38,42)(H,39,43)(H,40,44)(H,41,45);1-3H,7-27,32H2,(H,33,36)(H,34,37)(H,35,38);1-4H2. The Morgan fingerprint density at radius 2 is 0.638 bits per heavy atom. The molecule has 0 spiro atoms. The zero-order chi connectivity index (χ0) is 77.8. The summed E-state index contributed by atoms with van der Waals surface area (Å²) in [6, 6.07) is 0. The smallest absolute Gasteiger partial charge is 0.310 e. The lowest BCUT2D eigenvalue weighted by atomic mass is 9.83.